The Balaban J connectivity index is 2.17. The van der Waals surface area contributed by atoms with Crippen molar-refractivity contribution in [3.8, 4) is 0 Å². The second-order valence-corrected chi connectivity index (χ2v) is 5.84. The van der Waals surface area contributed by atoms with Gasteiger partial charge < -0.3 is 10.4 Å². The molecule has 0 bridgehead atoms. The number of benzene rings is 1. The molecule has 2 N–H and O–H groups in total. The number of aryl methyl sites for hydroxylation is 1. The van der Waals surface area contributed by atoms with Gasteiger partial charge in [0.1, 0.15) is 0 Å². The van der Waals surface area contributed by atoms with Crippen LogP contribution < -0.4 is 5.32 Å². The molecule has 1 aromatic rings. The number of nitrogens with one attached hydrogen (secondary N) is 1. The zero-order valence-corrected chi connectivity index (χ0v) is 12.1. The first-order valence-corrected chi connectivity index (χ1v) is 8.04. The fourth-order valence-electron chi connectivity index (χ4n) is 2.67. The maximum atomic E-state index is 9.32. The minimum absolute atomic E-state index is 0.223. The summed E-state index contributed by atoms with van der Waals surface area (Å²) in [5.41, 5.74) is 2.92. The van der Waals surface area contributed by atoms with E-state index in [1.807, 2.05) is 0 Å². The molecule has 1 aliphatic rings. The van der Waals surface area contributed by atoms with Crippen LogP contribution in [0.2, 0.25) is 0 Å². The monoisotopic (exact) mass is 265 g/mol. The summed E-state index contributed by atoms with van der Waals surface area (Å²) < 4.78 is 0. The number of aliphatic hydroxyl groups excluding tert-OH is 1. The third kappa shape index (κ3) is 3.08. The Labute approximate surface area is 114 Å². The van der Waals surface area contributed by atoms with Gasteiger partial charge in [0, 0.05) is 17.0 Å². The average molecular weight is 265 g/mol. The molecule has 2 nitrogen and oxygen atoms in total. The van der Waals surface area contributed by atoms with Crippen LogP contribution in [0.25, 0.3) is 0 Å². The molecule has 0 fully saturated rings. The van der Waals surface area contributed by atoms with Crippen LogP contribution >= 0.6 is 11.8 Å². The van der Waals surface area contributed by atoms with Gasteiger partial charge in [-0.05, 0) is 55.2 Å². The maximum absolute atomic E-state index is 9.32. The molecular formula is C15H23NOS. The zero-order chi connectivity index (χ0) is 13.0. The summed E-state index contributed by atoms with van der Waals surface area (Å²) in [6.07, 6.45) is 6.72. The quantitative estimate of drug-likeness (QED) is 0.802. The van der Waals surface area contributed by atoms with Crippen molar-refractivity contribution in [2.24, 2.45) is 0 Å². The lowest BCUT2D eigenvalue weighted by Crippen LogP contribution is -2.36. The van der Waals surface area contributed by atoms with Gasteiger partial charge in [-0.15, -0.1) is 11.8 Å². The molecule has 3 heteroatoms. The number of aliphatic hydroxyl groups is 1. The number of fused-ring (bicyclic) bond motifs is 1. The summed E-state index contributed by atoms with van der Waals surface area (Å²) >= 11 is 1.81. The Morgan fingerprint density at radius 1 is 1.50 bits per heavy atom. The molecule has 2 rings (SSSR count). The number of rotatable bonds is 5. The Morgan fingerprint density at radius 3 is 3.00 bits per heavy atom. The average Bonchev–Trinajstić information content (AvgIpc) is 2.44. The van der Waals surface area contributed by atoms with Crippen LogP contribution in [-0.4, -0.2) is 24.0 Å². The van der Waals surface area contributed by atoms with Crippen LogP contribution in [0.5, 0.6) is 0 Å². The van der Waals surface area contributed by atoms with Gasteiger partial charge in [-0.3, -0.25) is 0 Å². The molecule has 0 heterocycles. The van der Waals surface area contributed by atoms with Gasteiger partial charge in [0.25, 0.3) is 0 Å². The van der Waals surface area contributed by atoms with Gasteiger partial charge in [0.15, 0.2) is 0 Å². The second-order valence-electron chi connectivity index (χ2n) is 4.96. The van der Waals surface area contributed by atoms with Gasteiger partial charge in [0.05, 0.1) is 6.61 Å². The molecule has 0 aliphatic heterocycles. The van der Waals surface area contributed by atoms with E-state index < -0.39 is 0 Å². The van der Waals surface area contributed by atoms with E-state index in [1.165, 1.54) is 35.3 Å². The summed E-state index contributed by atoms with van der Waals surface area (Å²) in [6.45, 7) is 2.35. The van der Waals surface area contributed by atoms with E-state index in [2.05, 4.69) is 36.7 Å². The molecule has 0 spiro atoms. The van der Waals surface area contributed by atoms with Gasteiger partial charge in [-0.2, -0.15) is 0 Å². The molecule has 18 heavy (non-hydrogen) atoms. The van der Waals surface area contributed by atoms with E-state index in [4.69, 9.17) is 0 Å². The minimum Gasteiger partial charge on any atom is -0.395 e. The van der Waals surface area contributed by atoms with E-state index in [0.29, 0.717) is 6.04 Å². The Bertz CT molecular complexity index is 390. The van der Waals surface area contributed by atoms with Crippen molar-refractivity contribution in [2.45, 2.75) is 49.6 Å². The van der Waals surface area contributed by atoms with Crippen molar-refractivity contribution < 1.29 is 5.11 Å². The summed E-state index contributed by atoms with van der Waals surface area (Å²) in [6, 6.07) is 7.45. The first-order chi connectivity index (χ1) is 8.78. The van der Waals surface area contributed by atoms with E-state index in [1.54, 1.807) is 11.8 Å². The standard InChI is InChI=1S/C15H23NOS/c1-3-12(10-17)16-15-6-4-5-11-9-13(18-2)7-8-14(11)15/h7-9,12,15-17H,3-6,10H2,1-2H3. The first kappa shape index (κ1) is 13.9. The fourth-order valence-corrected chi connectivity index (χ4v) is 3.14. The third-order valence-electron chi connectivity index (χ3n) is 3.81. The SMILES string of the molecule is CCC(CO)NC1CCCc2cc(SC)ccc21. The maximum Gasteiger partial charge on any atom is 0.0584 e. The van der Waals surface area contributed by atoms with Crippen molar-refractivity contribution in [2.75, 3.05) is 12.9 Å². The van der Waals surface area contributed by atoms with Gasteiger partial charge in [-0.25, -0.2) is 0 Å². The van der Waals surface area contributed by atoms with E-state index >= 15 is 0 Å². The molecule has 0 aromatic heterocycles. The smallest absolute Gasteiger partial charge is 0.0584 e. The number of thioether (sulfide) groups is 1. The molecule has 2 unspecified atom stereocenters. The van der Waals surface area contributed by atoms with Gasteiger partial charge in [0.2, 0.25) is 0 Å². The van der Waals surface area contributed by atoms with Crippen molar-refractivity contribution in [1.82, 2.24) is 5.32 Å². The zero-order valence-electron chi connectivity index (χ0n) is 11.3. The van der Waals surface area contributed by atoms with Gasteiger partial charge >= 0.3 is 0 Å². The molecule has 2 atom stereocenters. The predicted octanol–water partition coefficient (Wildman–Crippen LogP) is 3.15. The molecular weight excluding hydrogens is 242 g/mol. The highest BCUT2D eigenvalue weighted by molar-refractivity contribution is 7.98. The van der Waals surface area contributed by atoms with Crippen LogP contribution in [-0.2, 0) is 6.42 Å². The summed E-state index contributed by atoms with van der Waals surface area (Å²) in [4.78, 5) is 1.35. The Kier molecular flexibility index (Phi) is 5.10. The van der Waals surface area contributed by atoms with Gasteiger partial charge in [-0.1, -0.05) is 13.0 Å². The van der Waals surface area contributed by atoms with Crippen LogP contribution in [0.15, 0.2) is 23.1 Å². The van der Waals surface area contributed by atoms with E-state index in [9.17, 15) is 5.11 Å². The highest BCUT2D eigenvalue weighted by atomic mass is 32.2. The second kappa shape index (κ2) is 6.60. The summed E-state index contributed by atoms with van der Waals surface area (Å²) in [5, 5.41) is 12.9. The highest BCUT2D eigenvalue weighted by Crippen LogP contribution is 2.32. The predicted molar refractivity (Wildman–Crippen MR) is 78.2 cm³/mol. The fraction of sp³-hybridized carbons (Fsp3) is 0.600. The molecule has 1 aromatic carbocycles. The normalized spacial score (nSPS) is 20.5. The molecule has 100 valence electrons. The molecule has 0 amide bonds. The Hall–Kier alpha value is -0.510. The summed E-state index contributed by atoms with van der Waals surface area (Å²) in [5.74, 6) is 0. The topological polar surface area (TPSA) is 32.3 Å². The van der Waals surface area contributed by atoms with Crippen molar-refractivity contribution in [3.05, 3.63) is 29.3 Å². The molecule has 1 aliphatic carbocycles. The van der Waals surface area contributed by atoms with Crippen LogP contribution in [0.4, 0.5) is 0 Å². The summed E-state index contributed by atoms with van der Waals surface area (Å²) in [7, 11) is 0. The van der Waals surface area contributed by atoms with Crippen molar-refractivity contribution in [1.29, 1.82) is 0 Å². The van der Waals surface area contributed by atoms with Crippen LogP contribution in [0.3, 0.4) is 0 Å². The highest BCUT2D eigenvalue weighted by Gasteiger charge is 2.22. The van der Waals surface area contributed by atoms with E-state index in [0.717, 1.165) is 6.42 Å². The van der Waals surface area contributed by atoms with E-state index in [-0.39, 0.29) is 12.6 Å². The number of hydrogen-bond acceptors (Lipinski definition) is 3. The minimum atomic E-state index is 0.223. The lowest BCUT2D eigenvalue weighted by atomic mass is 9.87. The molecule has 0 saturated carbocycles. The van der Waals surface area contributed by atoms with Crippen LogP contribution in [0, 0.1) is 0 Å². The first-order valence-electron chi connectivity index (χ1n) is 6.82. The lowest BCUT2D eigenvalue weighted by molar-refractivity contribution is 0.223. The molecule has 0 radical (unpaired) electrons. The van der Waals surface area contributed by atoms with Crippen LogP contribution in [0.1, 0.15) is 43.4 Å². The largest absolute Gasteiger partial charge is 0.395 e. The third-order valence-corrected chi connectivity index (χ3v) is 4.54. The number of hydrogen-bond donors (Lipinski definition) is 2. The Morgan fingerprint density at radius 2 is 2.33 bits per heavy atom. The van der Waals surface area contributed by atoms with Crippen molar-refractivity contribution in [3.63, 3.8) is 0 Å². The molecule has 0 saturated heterocycles. The van der Waals surface area contributed by atoms with Crippen molar-refractivity contribution >= 4 is 11.8 Å². The lowest BCUT2D eigenvalue weighted by Gasteiger charge is -2.30.